The van der Waals surface area contributed by atoms with E-state index >= 15 is 0 Å². The summed E-state index contributed by atoms with van der Waals surface area (Å²) in [5, 5.41) is 20.2. The van der Waals surface area contributed by atoms with Crippen molar-refractivity contribution in [1.29, 1.82) is 5.26 Å². The lowest BCUT2D eigenvalue weighted by Gasteiger charge is -2.10. The molecule has 1 heterocycles. The number of rotatable bonds is 4. The van der Waals surface area contributed by atoms with E-state index in [0.717, 1.165) is 11.0 Å². The summed E-state index contributed by atoms with van der Waals surface area (Å²) >= 11 is 0. The van der Waals surface area contributed by atoms with Gasteiger partial charge in [-0.1, -0.05) is 12.1 Å². The Morgan fingerprint density at radius 2 is 1.84 bits per heavy atom. The molecule has 3 rings (SSSR count). The van der Waals surface area contributed by atoms with Crippen LogP contribution in [0.5, 0.6) is 5.75 Å². The van der Waals surface area contributed by atoms with Crippen LogP contribution in [-0.2, 0) is 7.05 Å². The molecule has 0 spiro atoms. The summed E-state index contributed by atoms with van der Waals surface area (Å²) in [6.07, 6.45) is 0.0738. The fourth-order valence-corrected chi connectivity index (χ4v) is 2.69. The number of hydrogen-bond acceptors (Lipinski definition) is 4. The molecule has 2 aromatic carbocycles. The van der Waals surface area contributed by atoms with Crippen molar-refractivity contribution in [2.75, 3.05) is 0 Å². The molecule has 0 aliphatic heterocycles. The van der Waals surface area contributed by atoms with Crippen LogP contribution < -0.4 is 4.74 Å². The zero-order valence-corrected chi connectivity index (χ0v) is 14.4. The van der Waals surface area contributed by atoms with E-state index in [1.165, 1.54) is 0 Å². The highest BCUT2D eigenvalue weighted by atomic mass is 16.5. The lowest BCUT2D eigenvalue weighted by atomic mass is 10.1. The van der Waals surface area contributed by atoms with Crippen molar-refractivity contribution in [3.63, 3.8) is 0 Å². The van der Waals surface area contributed by atoms with Crippen LogP contribution >= 0.6 is 0 Å². The minimum Gasteiger partial charge on any atom is -0.506 e. The van der Waals surface area contributed by atoms with Crippen molar-refractivity contribution in [3.05, 3.63) is 59.9 Å². The van der Waals surface area contributed by atoms with Gasteiger partial charge < -0.3 is 14.4 Å². The maximum atomic E-state index is 10.6. The molecule has 1 N–H and O–H groups in total. The molecule has 0 fully saturated rings. The molecule has 25 heavy (non-hydrogen) atoms. The summed E-state index contributed by atoms with van der Waals surface area (Å²) in [5.74, 6) is 1.05. The first-order valence-corrected chi connectivity index (χ1v) is 8.03. The second-order valence-electron chi connectivity index (χ2n) is 6.01. The van der Waals surface area contributed by atoms with Gasteiger partial charge in [-0.3, -0.25) is 0 Å². The van der Waals surface area contributed by atoms with Crippen molar-refractivity contribution in [2.45, 2.75) is 20.0 Å². The second-order valence-corrected chi connectivity index (χ2v) is 6.01. The molecular formula is C20H19N3O2. The molecule has 0 bridgehead atoms. The number of para-hydroxylation sites is 2. The quantitative estimate of drug-likeness (QED) is 0.570. The predicted octanol–water partition coefficient (Wildman–Crippen LogP) is 4.31. The summed E-state index contributed by atoms with van der Waals surface area (Å²) in [6, 6.07) is 16.7. The smallest absolute Gasteiger partial charge is 0.155 e. The highest BCUT2D eigenvalue weighted by molar-refractivity contribution is 5.94. The summed E-state index contributed by atoms with van der Waals surface area (Å²) in [4.78, 5) is 4.48. The highest BCUT2D eigenvalue weighted by Gasteiger charge is 2.17. The number of aryl methyl sites for hydroxylation is 1. The molecule has 0 aliphatic rings. The first kappa shape index (κ1) is 16.6. The van der Waals surface area contributed by atoms with Gasteiger partial charge in [0.2, 0.25) is 0 Å². The number of fused-ring (bicyclic) bond motifs is 1. The summed E-state index contributed by atoms with van der Waals surface area (Å²) in [5.41, 5.74) is 2.36. The molecule has 5 nitrogen and oxygen atoms in total. The number of nitrogens with zero attached hydrogens (tertiary/aromatic N) is 3. The van der Waals surface area contributed by atoms with Crippen LogP contribution in [0.1, 0.15) is 25.2 Å². The van der Waals surface area contributed by atoms with Gasteiger partial charge in [-0.25, -0.2) is 4.98 Å². The molecule has 3 aromatic rings. The fourth-order valence-electron chi connectivity index (χ4n) is 2.69. The lowest BCUT2D eigenvalue weighted by Crippen LogP contribution is -2.05. The number of aliphatic hydroxyl groups is 1. The first-order chi connectivity index (χ1) is 12.0. The van der Waals surface area contributed by atoms with Gasteiger partial charge in [-0.2, -0.15) is 5.26 Å². The number of nitriles is 1. The Balaban J connectivity index is 2.06. The largest absolute Gasteiger partial charge is 0.506 e. The van der Waals surface area contributed by atoms with Gasteiger partial charge in [0.15, 0.2) is 5.82 Å². The molecule has 126 valence electrons. The van der Waals surface area contributed by atoms with E-state index in [9.17, 15) is 10.4 Å². The highest BCUT2D eigenvalue weighted by Crippen LogP contribution is 2.27. The summed E-state index contributed by atoms with van der Waals surface area (Å²) in [6.45, 7) is 3.90. The van der Waals surface area contributed by atoms with E-state index in [0.29, 0.717) is 17.1 Å². The Labute approximate surface area is 146 Å². The van der Waals surface area contributed by atoms with E-state index in [1.54, 1.807) is 28.8 Å². The van der Waals surface area contributed by atoms with Gasteiger partial charge in [0, 0.05) is 12.6 Å². The van der Waals surface area contributed by atoms with Gasteiger partial charge in [-0.15, -0.1) is 0 Å². The summed E-state index contributed by atoms with van der Waals surface area (Å²) < 4.78 is 7.41. The van der Waals surface area contributed by atoms with E-state index in [4.69, 9.17) is 4.74 Å². The number of aliphatic hydroxyl groups excluding tert-OH is 1. The lowest BCUT2D eigenvalue weighted by molar-refractivity contribution is 0.242. The third kappa shape index (κ3) is 3.20. The topological polar surface area (TPSA) is 71.1 Å². The van der Waals surface area contributed by atoms with Crippen LogP contribution in [0.4, 0.5) is 0 Å². The van der Waals surface area contributed by atoms with Crippen LogP contribution in [0.15, 0.2) is 48.5 Å². The average Bonchev–Trinajstić information content (AvgIpc) is 2.93. The molecule has 0 saturated carbocycles. The second kappa shape index (κ2) is 6.70. The van der Waals surface area contributed by atoms with Gasteiger partial charge >= 0.3 is 0 Å². The van der Waals surface area contributed by atoms with Crippen LogP contribution in [0, 0.1) is 11.3 Å². The number of ether oxygens (including phenoxy) is 1. The van der Waals surface area contributed by atoms with E-state index in [2.05, 4.69) is 11.1 Å². The molecule has 0 unspecified atom stereocenters. The standard InChI is InChI=1S/C20H19N3O2/c1-13(2)25-15-10-8-14(9-11-15)19(24)16(12-21)20-22-17-6-4-5-7-18(17)23(20)3/h4-11,13,24H,1-3H3/b19-16-. The first-order valence-electron chi connectivity index (χ1n) is 8.03. The van der Waals surface area contributed by atoms with Gasteiger partial charge in [0.25, 0.3) is 0 Å². The third-order valence-corrected chi connectivity index (χ3v) is 3.86. The number of hydrogen-bond donors (Lipinski definition) is 1. The Kier molecular flexibility index (Phi) is 4.44. The molecular weight excluding hydrogens is 314 g/mol. The van der Waals surface area contributed by atoms with Gasteiger partial charge in [-0.05, 0) is 50.2 Å². The van der Waals surface area contributed by atoms with E-state index in [-0.39, 0.29) is 17.4 Å². The minimum absolute atomic E-state index is 0.0738. The van der Waals surface area contributed by atoms with Crippen LogP contribution in [0.25, 0.3) is 22.4 Å². The molecule has 0 saturated heterocycles. The van der Waals surface area contributed by atoms with Crippen molar-refractivity contribution in [1.82, 2.24) is 9.55 Å². The average molecular weight is 333 g/mol. The molecule has 1 aromatic heterocycles. The molecule has 5 heteroatoms. The Morgan fingerprint density at radius 3 is 2.44 bits per heavy atom. The zero-order chi connectivity index (χ0) is 18.0. The van der Waals surface area contributed by atoms with Crippen molar-refractivity contribution < 1.29 is 9.84 Å². The van der Waals surface area contributed by atoms with Crippen LogP contribution in [0.3, 0.4) is 0 Å². The number of allylic oxidation sites excluding steroid dienone is 1. The summed E-state index contributed by atoms with van der Waals surface area (Å²) in [7, 11) is 1.83. The molecule has 0 aliphatic carbocycles. The Morgan fingerprint density at radius 1 is 1.16 bits per heavy atom. The van der Waals surface area contributed by atoms with Gasteiger partial charge in [0.05, 0.1) is 17.1 Å². The number of imidazole rings is 1. The maximum Gasteiger partial charge on any atom is 0.155 e. The van der Waals surface area contributed by atoms with Crippen molar-refractivity contribution in [3.8, 4) is 11.8 Å². The number of aromatic nitrogens is 2. The van der Waals surface area contributed by atoms with Crippen LogP contribution in [-0.4, -0.2) is 20.8 Å². The van der Waals surface area contributed by atoms with E-state index < -0.39 is 0 Å². The van der Waals surface area contributed by atoms with Crippen LogP contribution in [0.2, 0.25) is 0 Å². The van der Waals surface area contributed by atoms with E-state index in [1.807, 2.05) is 45.2 Å². The fraction of sp³-hybridized carbons (Fsp3) is 0.200. The van der Waals surface area contributed by atoms with Crippen molar-refractivity contribution in [2.24, 2.45) is 7.05 Å². The monoisotopic (exact) mass is 333 g/mol. The maximum absolute atomic E-state index is 10.6. The Bertz CT molecular complexity index is 976. The zero-order valence-electron chi connectivity index (χ0n) is 14.4. The predicted molar refractivity (Wildman–Crippen MR) is 98.0 cm³/mol. The minimum atomic E-state index is -0.1000. The molecule has 0 amide bonds. The Hall–Kier alpha value is -3.26. The molecule has 0 atom stereocenters. The number of benzene rings is 2. The van der Waals surface area contributed by atoms with Gasteiger partial charge in [0.1, 0.15) is 23.2 Å². The molecule has 0 radical (unpaired) electrons. The normalized spacial score (nSPS) is 12.1. The SMILES string of the molecule is CC(C)Oc1ccc(/C(O)=C(\C#N)c2nc3ccccc3n2C)cc1. The third-order valence-electron chi connectivity index (χ3n) is 3.86. The van der Waals surface area contributed by atoms with Crippen molar-refractivity contribution >= 4 is 22.4 Å².